The van der Waals surface area contributed by atoms with Crippen LogP contribution in [0.25, 0.3) is 0 Å². The predicted octanol–water partition coefficient (Wildman–Crippen LogP) is 1.93. The number of nitrogens with zero attached hydrogens (tertiary/aromatic N) is 1. The Morgan fingerprint density at radius 3 is 3.13 bits per heavy atom. The van der Waals surface area contributed by atoms with Gasteiger partial charge in [0.2, 0.25) is 0 Å². The molecule has 0 aliphatic carbocycles. The molecule has 0 aliphatic heterocycles. The Hall–Kier alpha value is -1.53. The molecule has 80 valence electrons. The summed E-state index contributed by atoms with van der Waals surface area (Å²) >= 11 is 0. The molecule has 1 heterocycles. The maximum Gasteiger partial charge on any atom is 0.142 e. The van der Waals surface area contributed by atoms with Gasteiger partial charge in [-0.25, -0.2) is 0 Å². The maximum atomic E-state index is 9.88. The molecule has 3 nitrogen and oxygen atoms in total. The standard InChI is InChI=1S/C12H15NO2/c1-3-4-5-6-11(14)10-7-8-13-9-12(10)15-2/h1,7-9,11,14H,4-6H2,2H3. The zero-order valence-corrected chi connectivity index (χ0v) is 8.81. The van der Waals surface area contributed by atoms with Gasteiger partial charge in [0.05, 0.1) is 19.4 Å². The zero-order chi connectivity index (χ0) is 11.1. The molecule has 1 unspecified atom stereocenters. The molecule has 0 aliphatic rings. The van der Waals surface area contributed by atoms with Crippen molar-refractivity contribution in [3.8, 4) is 18.1 Å². The van der Waals surface area contributed by atoms with Gasteiger partial charge in [-0.1, -0.05) is 0 Å². The zero-order valence-electron chi connectivity index (χ0n) is 8.81. The van der Waals surface area contributed by atoms with Crippen molar-refractivity contribution in [2.75, 3.05) is 7.11 Å². The number of unbranched alkanes of at least 4 members (excludes halogenated alkanes) is 1. The number of aliphatic hydroxyl groups is 1. The summed E-state index contributed by atoms with van der Waals surface area (Å²) in [5.74, 6) is 3.16. The molecule has 0 spiro atoms. The second-order valence-corrected chi connectivity index (χ2v) is 3.23. The van der Waals surface area contributed by atoms with Crippen molar-refractivity contribution < 1.29 is 9.84 Å². The first-order valence-corrected chi connectivity index (χ1v) is 4.89. The number of hydrogen-bond acceptors (Lipinski definition) is 3. The summed E-state index contributed by atoms with van der Waals surface area (Å²) in [5.41, 5.74) is 0.768. The number of aromatic nitrogens is 1. The van der Waals surface area contributed by atoms with Gasteiger partial charge < -0.3 is 9.84 Å². The number of aliphatic hydroxyl groups excluding tert-OH is 1. The van der Waals surface area contributed by atoms with Crippen LogP contribution >= 0.6 is 0 Å². The lowest BCUT2D eigenvalue weighted by Gasteiger charge is -2.13. The molecule has 1 atom stereocenters. The Kier molecular flexibility index (Phi) is 4.65. The normalized spacial score (nSPS) is 11.8. The highest BCUT2D eigenvalue weighted by molar-refractivity contribution is 5.31. The summed E-state index contributed by atoms with van der Waals surface area (Å²) in [6.07, 6.45) is 9.99. The van der Waals surface area contributed by atoms with Crippen LogP contribution in [0.2, 0.25) is 0 Å². The summed E-state index contributed by atoms with van der Waals surface area (Å²) in [6.45, 7) is 0. The van der Waals surface area contributed by atoms with Gasteiger partial charge in [0.25, 0.3) is 0 Å². The molecule has 15 heavy (non-hydrogen) atoms. The molecule has 0 saturated carbocycles. The van der Waals surface area contributed by atoms with Crippen LogP contribution in [-0.4, -0.2) is 17.2 Å². The fraction of sp³-hybridized carbons (Fsp3) is 0.417. The Labute approximate surface area is 90.1 Å². The highest BCUT2D eigenvalue weighted by atomic mass is 16.5. The van der Waals surface area contributed by atoms with Crippen LogP contribution in [0.15, 0.2) is 18.5 Å². The third-order valence-corrected chi connectivity index (χ3v) is 2.19. The predicted molar refractivity (Wildman–Crippen MR) is 58.4 cm³/mol. The fourth-order valence-electron chi connectivity index (χ4n) is 1.39. The molecule has 0 fully saturated rings. The van der Waals surface area contributed by atoms with E-state index >= 15 is 0 Å². The number of rotatable bonds is 5. The topological polar surface area (TPSA) is 42.4 Å². The van der Waals surface area contributed by atoms with Crippen molar-refractivity contribution in [1.29, 1.82) is 0 Å². The van der Waals surface area contributed by atoms with E-state index in [1.54, 1.807) is 25.6 Å². The number of pyridine rings is 1. The molecule has 0 bridgehead atoms. The van der Waals surface area contributed by atoms with Gasteiger partial charge in [0, 0.05) is 18.2 Å². The first-order chi connectivity index (χ1) is 7.29. The summed E-state index contributed by atoms with van der Waals surface area (Å²) in [7, 11) is 1.56. The van der Waals surface area contributed by atoms with Crippen molar-refractivity contribution in [3.05, 3.63) is 24.0 Å². The van der Waals surface area contributed by atoms with Crippen LogP contribution < -0.4 is 4.74 Å². The van der Waals surface area contributed by atoms with E-state index in [-0.39, 0.29) is 0 Å². The lowest BCUT2D eigenvalue weighted by Crippen LogP contribution is -2.01. The smallest absolute Gasteiger partial charge is 0.142 e. The largest absolute Gasteiger partial charge is 0.495 e. The van der Waals surface area contributed by atoms with Crippen molar-refractivity contribution in [2.45, 2.75) is 25.4 Å². The van der Waals surface area contributed by atoms with Gasteiger partial charge in [-0.15, -0.1) is 12.3 Å². The monoisotopic (exact) mass is 205 g/mol. The molecule has 0 radical (unpaired) electrons. The molecule has 3 heteroatoms. The van der Waals surface area contributed by atoms with Crippen LogP contribution in [0.4, 0.5) is 0 Å². The van der Waals surface area contributed by atoms with Crippen molar-refractivity contribution in [3.63, 3.8) is 0 Å². The first kappa shape index (κ1) is 11.5. The lowest BCUT2D eigenvalue weighted by atomic mass is 10.0. The quantitative estimate of drug-likeness (QED) is 0.590. The van der Waals surface area contributed by atoms with Gasteiger partial charge in [0.15, 0.2) is 0 Å². The van der Waals surface area contributed by atoms with Gasteiger partial charge >= 0.3 is 0 Å². The second-order valence-electron chi connectivity index (χ2n) is 3.23. The van der Waals surface area contributed by atoms with Crippen LogP contribution in [0.5, 0.6) is 5.75 Å². The fourth-order valence-corrected chi connectivity index (χ4v) is 1.39. The summed E-state index contributed by atoms with van der Waals surface area (Å²) in [6, 6.07) is 1.76. The van der Waals surface area contributed by atoms with Crippen molar-refractivity contribution >= 4 is 0 Å². The summed E-state index contributed by atoms with van der Waals surface area (Å²) in [5, 5.41) is 9.88. The molecular formula is C12H15NO2. The molecular weight excluding hydrogens is 190 g/mol. The van der Waals surface area contributed by atoms with E-state index in [1.165, 1.54) is 0 Å². The third kappa shape index (κ3) is 3.26. The number of terminal acetylenes is 1. The van der Waals surface area contributed by atoms with E-state index in [9.17, 15) is 5.11 Å². The number of ether oxygens (including phenoxy) is 1. The minimum Gasteiger partial charge on any atom is -0.495 e. The molecule has 1 aromatic rings. The molecule has 0 saturated heterocycles. The molecule has 1 aromatic heterocycles. The van der Waals surface area contributed by atoms with Crippen molar-refractivity contribution in [1.82, 2.24) is 4.98 Å². The van der Waals surface area contributed by atoms with Crippen LogP contribution in [0, 0.1) is 12.3 Å². The Bertz CT molecular complexity index is 344. The molecule has 1 rings (SSSR count). The van der Waals surface area contributed by atoms with Crippen molar-refractivity contribution in [2.24, 2.45) is 0 Å². The Morgan fingerprint density at radius 1 is 1.67 bits per heavy atom. The highest BCUT2D eigenvalue weighted by Crippen LogP contribution is 2.26. The van der Waals surface area contributed by atoms with E-state index < -0.39 is 6.10 Å². The van der Waals surface area contributed by atoms with Gasteiger partial charge in [-0.3, -0.25) is 4.98 Å². The lowest BCUT2D eigenvalue weighted by molar-refractivity contribution is 0.161. The molecule has 1 N–H and O–H groups in total. The van der Waals surface area contributed by atoms with Gasteiger partial charge in [-0.2, -0.15) is 0 Å². The van der Waals surface area contributed by atoms with Gasteiger partial charge in [0.1, 0.15) is 5.75 Å². The summed E-state index contributed by atoms with van der Waals surface area (Å²) in [4.78, 5) is 3.93. The minimum absolute atomic E-state index is 0.531. The summed E-state index contributed by atoms with van der Waals surface area (Å²) < 4.78 is 5.11. The minimum atomic E-state index is -0.531. The maximum absolute atomic E-state index is 9.88. The van der Waals surface area contributed by atoms with Crippen LogP contribution in [0.3, 0.4) is 0 Å². The molecule has 0 amide bonds. The van der Waals surface area contributed by atoms with E-state index in [0.29, 0.717) is 18.6 Å². The van der Waals surface area contributed by atoms with Crippen LogP contribution in [0.1, 0.15) is 30.9 Å². The average molecular weight is 205 g/mol. The van der Waals surface area contributed by atoms with Gasteiger partial charge in [-0.05, 0) is 18.9 Å². The highest BCUT2D eigenvalue weighted by Gasteiger charge is 2.12. The number of hydrogen-bond donors (Lipinski definition) is 1. The Morgan fingerprint density at radius 2 is 2.47 bits per heavy atom. The van der Waals surface area contributed by atoms with E-state index in [0.717, 1.165) is 12.0 Å². The second kappa shape index (κ2) is 6.05. The van der Waals surface area contributed by atoms with E-state index in [2.05, 4.69) is 10.9 Å². The molecule has 0 aromatic carbocycles. The van der Waals surface area contributed by atoms with E-state index in [1.807, 2.05) is 0 Å². The number of methoxy groups -OCH3 is 1. The third-order valence-electron chi connectivity index (χ3n) is 2.19. The van der Waals surface area contributed by atoms with E-state index in [4.69, 9.17) is 11.2 Å². The average Bonchev–Trinajstić information content (AvgIpc) is 2.29. The Balaban J connectivity index is 2.64. The van der Waals surface area contributed by atoms with Crippen LogP contribution in [-0.2, 0) is 0 Å². The SMILES string of the molecule is C#CCCCC(O)c1ccncc1OC. The first-order valence-electron chi connectivity index (χ1n) is 4.89.